The third-order valence-corrected chi connectivity index (χ3v) is 4.22. The van der Waals surface area contributed by atoms with Crippen molar-refractivity contribution in [2.45, 2.75) is 58.4 Å². The van der Waals surface area contributed by atoms with Gasteiger partial charge in [0.05, 0.1) is 0 Å². The highest BCUT2D eigenvalue weighted by Crippen LogP contribution is 2.31. The third-order valence-electron chi connectivity index (χ3n) is 4.22. The average molecular weight is 272 g/mol. The second kappa shape index (κ2) is 5.47. The molecule has 108 valence electrons. The van der Waals surface area contributed by atoms with Gasteiger partial charge in [0.15, 0.2) is 11.5 Å². The molecule has 0 amide bonds. The van der Waals surface area contributed by atoms with Crippen LogP contribution in [-0.4, -0.2) is 11.0 Å². The van der Waals surface area contributed by atoms with Crippen LogP contribution in [0, 0.1) is 5.92 Å². The van der Waals surface area contributed by atoms with Crippen LogP contribution in [0.4, 0.5) is 5.69 Å². The van der Waals surface area contributed by atoms with E-state index in [4.69, 9.17) is 4.42 Å². The number of anilines is 1. The summed E-state index contributed by atoms with van der Waals surface area (Å²) in [4.78, 5) is 4.56. The second-order valence-electron chi connectivity index (χ2n) is 6.47. The van der Waals surface area contributed by atoms with Crippen molar-refractivity contribution in [3.05, 3.63) is 24.1 Å². The molecule has 0 radical (unpaired) electrons. The van der Waals surface area contributed by atoms with Gasteiger partial charge in [0, 0.05) is 17.6 Å². The average Bonchev–Trinajstić information content (AvgIpc) is 2.77. The van der Waals surface area contributed by atoms with E-state index in [0.717, 1.165) is 28.6 Å². The standard InChI is InChI=1S/C17H24N2O/c1-11(2)17-19-15-10-14(7-8-16(15)20-17)18-12(3)9-13-5-4-6-13/h7-8,10-13,18H,4-6,9H2,1-3H3. The van der Waals surface area contributed by atoms with E-state index in [1.165, 1.54) is 25.7 Å². The summed E-state index contributed by atoms with van der Waals surface area (Å²) in [5.41, 5.74) is 2.98. The SMILES string of the molecule is CC(CC1CCC1)Nc1ccc2oc(C(C)C)nc2c1. The molecule has 1 saturated carbocycles. The third kappa shape index (κ3) is 2.82. The topological polar surface area (TPSA) is 38.1 Å². The van der Waals surface area contributed by atoms with Crippen LogP contribution in [0.2, 0.25) is 0 Å². The zero-order valence-electron chi connectivity index (χ0n) is 12.6. The van der Waals surface area contributed by atoms with E-state index >= 15 is 0 Å². The van der Waals surface area contributed by atoms with Gasteiger partial charge in [-0.2, -0.15) is 0 Å². The van der Waals surface area contributed by atoms with Crippen LogP contribution >= 0.6 is 0 Å². The maximum absolute atomic E-state index is 5.74. The number of hydrogen-bond acceptors (Lipinski definition) is 3. The molecule has 3 heteroatoms. The Bertz CT molecular complexity index is 584. The molecule has 0 aliphatic heterocycles. The lowest BCUT2D eigenvalue weighted by molar-refractivity contribution is 0.286. The molecule has 1 aromatic heterocycles. The Morgan fingerprint density at radius 3 is 2.75 bits per heavy atom. The van der Waals surface area contributed by atoms with Crippen LogP contribution in [0.25, 0.3) is 11.1 Å². The minimum Gasteiger partial charge on any atom is -0.440 e. The van der Waals surface area contributed by atoms with Crippen molar-refractivity contribution in [1.82, 2.24) is 4.98 Å². The van der Waals surface area contributed by atoms with E-state index < -0.39 is 0 Å². The highest BCUT2D eigenvalue weighted by atomic mass is 16.3. The van der Waals surface area contributed by atoms with Gasteiger partial charge in [-0.3, -0.25) is 0 Å². The van der Waals surface area contributed by atoms with E-state index in [-0.39, 0.29) is 0 Å². The Morgan fingerprint density at radius 2 is 2.10 bits per heavy atom. The van der Waals surface area contributed by atoms with Crippen LogP contribution in [0.15, 0.2) is 22.6 Å². The Balaban J connectivity index is 1.71. The number of oxazole rings is 1. The zero-order chi connectivity index (χ0) is 14.1. The summed E-state index contributed by atoms with van der Waals surface area (Å²) in [6.45, 7) is 6.47. The Morgan fingerprint density at radius 1 is 1.30 bits per heavy atom. The van der Waals surface area contributed by atoms with E-state index in [1.807, 2.05) is 6.07 Å². The molecule has 2 aromatic rings. The van der Waals surface area contributed by atoms with Crippen molar-refractivity contribution in [1.29, 1.82) is 0 Å². The predicted octanol–water partition coefficient (Wildman–Crippen LogP) is 4.94. The highest BCUT2D eigenvalue weighted by Gasteiger charge is 2.20. The second-order valence-corrected chi connectivity index (χ2v) is 6.47. The summed E-state index contributed by atoms with van der Waals surface area (Å²) in [5, 5.41) is 3.59. The summed E-state index contributed by atoms with van der Waals surface area (Å²) < 4.78 is 5.74. The molecule has 1 fully saturated rings. The van der Waals surface area contributed by atoms with Gasteiger partial charge in [0.2, 0.25) is 0 Å². The summed E-state index contributed by atoms with van der Waals surface area (Å²) in [6.07, 6.45) is 5.51. The van der Waals surface area contributed by atoms with Crippen LogP contribution in [0.1, 0.15) is 58.3 Å². The van der Waals surface area contributed by atoms with Gasteiger partial charge in [-0.15, -0.1) is 0 Å². The number of hydrogen-bond donors (Lipinski definition) is 1. The minimum atomic E-state index is 0.330. The van der Waals surface area contributed by atoms with Crippen molar-refractivity contribution in [2.24, 2.45) is 5.92 Å². The molecule has 0 spiro atoms. The molecule has 0 bridgehead atoms. The van der Waals surface area contributed by atoms with Crippen LogP contribution < -0.4 is 5.32 Å². The lowest BCUT2D eigenvalue weighted by Gasteiger charge is -2.28. The van der Waals surface area contributed by atoms with E-state index in [1.54, 1.807) is 0 Å². The summed E-state index contributed by atoms with van der Waals surface area (Å²) in [6, 6.07) is 6.73. The van der Waals surface area contributed by atoms with E-state index in [9.17, 15) is 0 Å². The van der Waals surface area contributed by atoms with Crippen molar-refractivity contribution in [3.8, 4) is 0 Å². The number of fused-ring (bicyclic) bond motifs is 1. The van der Waals surface area contributed by atoms with Gasteiger partial charge in [0.25, 0.3) is 0 Å². The first-order valence-corrected chi connectivity index (χ1v) is 7.79. The maximum Gasteiger partial charge on any atom is 0.198 e. The minimum absolute atomic E-state index is 0.330. The smallest absolute Gasteiger partial charge is 0.198 e. The quantitative estimate of drug-likeness (QED) is 0.837. The number of rotatable bonds is 5. The summed E-state index contributed by atoms with van der Waals surface area (Å²) in [7, 11) is 0. The fourth-order valence-electron chi connectivity index (χ4n) is 2.85. The molecule has 1 unspecified atom stereocenters. The van der Waals surface area contributed by atoms with E-state index in [0.29, 0.717) is 12.0 Å². The van der Waals surface area contributed by atoms with Crippen LogP contribution in [-0.2, 0) is 0 Å². The number of benzene rings is 1. The fraction of sp³-hybridized carbons (Fsp3) is 0.588. The lowest BCUT2D eigenvalue weighted by Crippen LogP contribution is -2.23. The van der Waals surface area contributed by atoms with E-state index in [2.05, 4.69) is 43.2 Å². The first-order chi connectivity index (χ1) is 9.61. The molecule has 0 saturated heterocycles. The summed E-state index contributed by atoms with van der Waals surface area (Å²) >= 11 is 0. The van der Waals surface area contributed by atoms with Gasteiger partial charge >= 0.3 is 0 Å². The molecule has 1 N–H and O–H groups in total. The Hall–Kier alpha value is -1.51. The molecule has 20 heavy (non-hydrogen) atoms. The molecule has 1 atom stereocenters. The van der Waals surface area contributed by atoms with Crippen LogP contribution in [0.5, 0.6) is 0 Å². The fourth-order valence-corrected chi connectivity index (χ4v) is 2.85. The molecule has 3 nitrogen and oxygen atoms in total. The number of nitrogens with zero attached hydrogens (tertiary/aromatic N) is 1. The van der Waals surface area contributed by atoms with Gasteiger partial charge in [-0.25, -0.2) is 4.98 Å². The van der Waals surface area contributed by atoms with Gasteiger partial charge in [-0.1, -0.05) is 33.1 Å². The predicted molar refractivity (Wildman–Crippen MR) is 83.1 cm³/mol. The Labute approximate surface area is 120 Å². The van der Waals surface area contributed by atoms with Gasteiger partial charge in [0.1, 0.15) is 5.52 Å². The lowest BCUT2D eigenvalue weighted by atomic mass is 9.81. The number of nitrogens with one attached hydrogen (secondary N) is 1. The van der Waals surface area contributed by atoms with Gasteiger partial charge < -0.3 is 9.73 Å². The molecular formula is C17H24N2O. The van der Waals surface area contributed by atoms with Gasteiger partial charge in [-0.05, 0) is 37.5 Å². The highest BCUT2D eigenvalue weighted by molar-refractivity contribution is 5.77. The normalized spacial score (nSPS) is 17.4. The molecule has 1 aliphatic rings. The zero-order valence-corrected chi connectivity index (χ0v) is 12.6. The molecule has 1 aliphatic carbocycles. The molecule has 1 aromatic carbocycles. The summed E-state index contributed by atoms with van der Waals surface area (Å²) in [5.74, 6) is 2.08. The largest absolute Gasteiger partial charge is 0.440 e. The molecular weight excluding hydrogens is 248 g/mol. The monoisotopic (exact) mass is 272 g/mol. The van der Waals surface area contributed by atoms with Crippen molar-refractivity contribution < 1.29 is 4.42 Å². The Kier molecular flexibility index (Phi) is 3.68. The van der Waals surface area contributed by atoms with Crippen molar-refractivity contribution >= 4 is 16.8 Å². The molecule has 1 heterocycles. The first kappa shape index (κ1) is 13.5. The molecule has 3 rings (SSSR count). The maximum atomic E-state index is 5.74. The van der Waals surface area contributed by atoms with Crippen molar-refractivity contribution in [2.75, 3.05) is 5.32 Å². The van der Waals surface area contributed by atoms with Crippen molar-refractivity contribution in [3.63, 3.8) is 0 Å². The van der Waals surface area contributed by atoms with Crippen LogP contribution in [0.3, 0.4) is 0 Å². The number of aromatic nitrogens is 1. The first-order valence-electron chi connectivity index (χ1n) is 7.79.